The summed E-state index contributed by atoms with van der Waals surface area (Å²) in [6, 6.07) is 3.06. The van der Waals surface area contributed by atoms with Crippen LogP contribution in [0.1, 0.15) is 28.8 Å². The molecule has 1 heterocycles. The molecule has 0 N–H and O–H groups in total. The lowest BCUT2D eigenvalue weighted by molar-refractivity contribution is -0.385. The maximum atomic E-state index is 12.4. The molecule has 0 atom stereocenters. The van der Waals surface area contributed by atoms with Gasteiger partial charge in [-0.1, -0.05) is 0 Å². The highest BCUT2D eigenvalue weighted by atomic mass is 16.6. The van der Waals surface area contributed by atoms with Gasteiger partial charge in [-0.05, 0) is 31.4 Å². The predicted octanol–water partition coefficient (Wildman–Crippen LogP) is 2.15. The van der Waals surface area contributed by atoms with Crippen LogP contribution in [-0.2, 0) is 0 Å². The number of rotatable bonds is 3. The van der Waals surface area contributed by atoms with E-state index >= 15 is 0 Å². The molecular formula is C13H16N2O4. The Morgan fingerprint density at radius 1 is 1.37 bits per heavy atom. The van der Waals surface area contributed by atoms with Gasteiger partial charge in [0.15, 0.2) is 0 Å². The van der Waals surface area contributed by atoms with Crippen LogP contribution in [-0.4, -0.2) is 35.9 Å². The van der Waals surface area contributed by atoms with Gasteiger partial charge in [0.1, 0.15) is 0 Å². The molecule has 1 aliphatic rings. The van der Waals surface area contributed by atoms with E-state index in [0.717, 1.165) is 12.8 Å². The second-order valence-electron chi connectivity index (χ2n) is 4.62. The highest BCUT2D eigenvalue weighted by molar-refractivity contribution is 5.98. The standard InChI is InChI=1S/C13H16N2O4/c1-9-7-10(13(16)14-5-3-4-6-14)12(19-2)11(8-9)15(17)18/h7-8H,3-6H2,1-2H3. The fraction of sp³-hybridized carbons (Fsp3) is 0.462. The Morgan fingerprint density at radius 3 is 2.53 bits per heavy atom. The third-order valence-corrected chi connectivity index (χ3v) is 3.24. The molecule has 1 fully saturated rings. The molecule has 0 aromatic heterocycles. The summed E-state index contributed by atoms with van der Waals surface area (Å²) in [6.45, 7) is 3.13. The number of methoxy groups -OCH3 is 1. The number of nitrogens with zero attached hydrogens (tertiary/aromatic N) is 2. The first-order valence-corrected chi connectivity index (χ1v) is 6.17. The molecule has 0 bridgehead atoms. The number of likely N-dealkylation sites (tertiary alicyclic amines) is 1. The van der Waals surface area contributed by atoms with Crippen molar-refractivity contribution in [3.8, 4) is 5.75 Å². The summed E-state index contributed by atoms with van der Waals surface area (Å²) in [5, 5.41) is 11.0. The average molecular weight is 264 g/mol. The number of amides is 1. The average Bonchev–Trinajstić information content (AvgIpc) is 2.90. The van der Waals surface area contributed by atoms with Gasteiger partial charge in [-0.25, -0.2) is 0 Å². The minimum absolute atomic E-state index is 0.0486. The molecule has 0 aliphatic carbocycles. The summed E-state index contributed by atoms with van der Waals surface area (Å²) in [5.74, 6) is -0.145. The number of ether oxygens (including phenoxy) is 1. The Labute approximate surface area is 111 Å². The molecule has 6 nitrogen and oxygen atoms in total. The topological polar surface area (TPSA) is 72.7 Å². The van der Waals surface area contributed by atoms with Crippen molar-refractivity contribution in [2.75, 3.05) is 20.2 Å². The summed E-state index contributed by atoms with van der Waals surface area (Å²) in [7, 11) is 1.35. The van der Waals surface area contributed by atoms with Crippen LogP contribution in [0.15, 0.2) is 12.1 Å². The maximum absolute atomic E-state index is 12.4. The highest BCUT2D eigenvalue weighted by Gasteiger charge is 2.28. The Hall–Kier alpha value is -2.11. The molecule has 1 aromatic carbocycles. The maximum Gasteiger partial charge on any atom is 0.312 e. The molecule has 1 aliphatic heterocycles. The van der Waals surface area contributed by atoms with Crippen molar-refractivity contribution in [2.24, 2.45) is 0 Å². The smallest absolute Gasteiger partial charge is 0.312 e. The predicted molar refractivity (Wildman–Crippen MR) is 69.5 cm³/mol. The van der Waals surface area contributed by atoms with Crippen molar-refractivity contribution < 1.29 is 14.5 Å². The summed E-state index contributed by atoms with van der Waals surface area (Å²) in [6.07, 6.45) is 1.95. The number of nitro groups is 1. The van der Waals surface area contributed by atoms with Gasteiger partial charge in [-0.15, -0.1) is 0 Å². The monoisotopic (exact) mass is 264 g/mol. The molecule has 0 radical (unpaired) electrons. The zero-order chi connectivity index (χ0) is 14.0. The van der Waals surface area contributed by atoms with Crippen molar-refractivity contribution >= 4 is 11.6 Å². The van der Waals surface area contributed by atoms with E-state index in [2.05, 4.69) is 0 Å². The molecule has 1 saturated heterocycles. The Morgan fingerprint density at radius 2 is 2.00 bits per heavy atom. The number of carbonyl (C=O) groups excluding carboxylic acids is 1. The van der Waals surface area contributed by atoms with Crippen LogP contribution < -0.4 is 4.74 Å². The number of hydrogen-bond acceptors (Lipinski definition) is 4. The van der Waals surface area contributed by atoms with Crippen molar-refractivity contribution in [1.29, 1.82) is 0 Å². The van der Waals surface area contributed by atoms with Gasteiger partial charge in [-0.2, -0.15) is 0 Å². The summed E-state index contributed by atoms with van der Waals surface area (Å²) >= 11 is 0. The number of hydrogen-bond donors (Lipinski definition) is 0. The van der Waals surface area contributed by atoms with Gasteiger partial charge < -0.3 is 9.64 Å². The first-order chi connectivity index (χ1) is 9.04. The highest BCUT2D eigenvalue weighted by Crippen LogP contribution is 2.33. The SMILES string of the molecule is COc1c(C(=O)N2CCCC2)cc(C)cc1[N+](=O)[O-]. The first-order valence-electron chi connectivity index (χ1n) is 6.17. The lowest BCUT2D eigenvalue weighted by atomic mass is 10.1. The van der Waals surface area contributed by atoms with Crippen LogP contribution in [0.25, 0.3) is 0 Å². The second-order valence-corrected chi connectivity index (χ2v) is 4.62. The van der Waals surface area contributed by atoms with Gasteiger partial charge in [0.2, 0.25) is 5.75 Å². The molecular weight excluding hydrogens is 248 g/mol. The van der Waals surface area contributed by atoms with E-state index in [0.29, 0.717) is 18.7 Å². The number of benzene rings is 1. The van der Waals surface area contributed by atoms with Crippen molar-refractivity contribution in [3.63, 3.8) is 0 Å². The molecule has 0 spiro atoms. The molecule has 0 saturated carbocycles. The fourth-order valence-electron chi connectivity index (χ4n) is 2.35. The van der Waals surface area contributed by atoms with Crippen molar-refractivity contribution in [1.82, 2.24) is 4.90 Å². The number of carbonyl (C=O) groups is 1. The van der Waals surface area contributed by atoms with Gasteiger partial charge in [0.25, 0.3) is 5.91 Å². The third-order valence-electron chi connectivity index (χ3n) is 3.24. The van der Waals surface area contributed by atoms with Crippen LogP contribution in [0.5, 0.6) is 5.75 Å². The Kier molecular flexibility index (Phi) is 3.69. The zero-order valence-corrected chi connectivity index (χ0v) is 11.0. The van der Waals surface area contributed by atoms with Gasteiger partial charge in [-0.3, -0.25) is 14.9 Å². The molecule has 1 amide bonds. The van der Waals surface area contributed by atoms with Gasteiger partial charge in [0.05, 0.1) is 17.6 Å². The quantitative estimate of drug-likeness (QED) is 0.619. The molecule has 102 valence electrons. The van der Waals surface area contributed by atoms with Crippen molar-refractivity contribution in [2.45, 2.75) is 19.8 Å². The van der Waals surface area contributed by atoms with E-state index in [1.807, 2.05) is 0 Å². The van der Waals surface area contributed by atoms with E-state index in [4.69, 9.17) is 4.74 Å². The summed E-state index contributed by atoms with van der Waals surface area (Å²) in [5.41, 5.74) is 0.788. The largest absolute Gasteiger partial charge is 0.490 e. The van der Waals surface area contributed by atoms with E-state index in [-0.39, 0.29) is 22.9 Å². The summed E-state index contributed by atoms with van der Waals surface area (Å²) in [4.78, 5) is 24.6. The molecule has 0 unspecified atom stereocenters. The minimum Gasteiger partial charge on any atom is -0.490 e. The molecule has 19 heavy (non-hydrogen) atoms. The van der Waals surface area contributed by atoms with Crippen LogP contribution in [0, 0.1) is 17.0 Å². The third kappa shape index (κ3) is 2.52. The normalized spacial score (nSPS) is 14.5. The number of nitro benzene ring substituents is 1. The van der Waals surface area contributed by atoms with Crippen LogP contribution >= 0.6 is 0 Å². The molecule has 6 heteroatoms. The Bertz CT molecular complexity index is 522. The van der Waals surface area contributed by atoms with Gasteiger partial charge >= 0.3 is 5.69 Å². The lowest BCUT2D eigenvalue weighted by Gasteiger charge is -2.17. The fourth-order valence-corrected chi connectivity index (χ4v) is 2.35. The minimum atomic E-state index is -0.521. The second kappa shape index (κ2) is 5.26. The summed E-state index contributed by atoms with van der Waals surface area (Å²) < 4.78 is 5.08. The molecule has 1 aromatic rings. The Balaban J connectivity index is 2.48. The van der Waals surface area contributed by atoms with E-state index < -0.39 is 4.92 Å². The number of aryl methyl sites for hydroxylation is 1. The van der Waals surface area contributed by atoms with Crippen LogP contribution in [0.4, 0.5) is 5.69 Å². The lowest BCUT2D eigenvalue weighted by Crippen LogP contribution is -2.28. The van der Waals surface area contributed by atoms with Crippen LogP contribution in [0.3, 0.4) is 0 Å². The van der Waals surface area contributed by atoms with E-state index in [1.165, 1.54) is 13.2 Å². The van der Waals surface area contributed by atoms with Crippen molar-refractivity contribution in [3.05, 3.63) is 33.4 Å². The van der Waals surface area contributed by atoms with Crippen LogP contribution in [0.2, 0.25) is 0 Å². The van der Waals surface area contributed by atoms with E-state index in [9.17, 15) is 14.9 Å². The first kappa shape index (κ1) is 13.3. The zero-order valence-electron chi connectivity index (χ0n) is 11.0. The van der Waals surface area contributed by atoms with E-state index in [1.54, 1.807) is 17.9 Å². The van der Waals surface area contributed by atoms with Gasteiger partial charge in [0, 0.05) is 19.2 Å². The molecule has 2 rings (SSSR count).